The van der Waals surface area contributed by atoms with Crippen molar-refractivity contribution in [3.05, 3.63) is 16.7 Å². The third-order valence-corrected chi connectivity index (χ3v) is 3.03. The van der Waals surface area contributed by atoms with Crippen LogP contribution in [-0.4, -0.2) is 22.1 Å². The summed E-state index contributed by atoms with van der Waals surface area (Å²) in [6, 6.07) is 0.264. The number of aromatic amines is 1. The van der Waals surface area contributed by atoms with Gasteiger partial charge >= 0.3 is 0 Å². The quantitative estimate of drug-likeness (QED) is 0.565. The Morgan fingerprint density at radius 2 is 2.19 bits per heavy atom. The van der Waals surface area contributed by atoms with Gasteiger partial charge in [0.25, 0.3) is 5.56 Å². The zero-order chi connectivity index (χ0) is 11.5. The summed E-state index contributed by atoms with van der Waals surface area (Å²) < 4.78 is 0. The van der Waals surface area contributed by atoms with E-state index in [0.29, 0.717) is 5.82 Å². The molecule has 6 nitrogen and oxygen atoms in total. The fourth-order valence-corrected chi connectivity index (χ4v) is 2.04. The van der Waals surface area contributed by atoms with E-state index in [-0.39, 0.29) is 23.3 Å². The molecule has 1 aromatic rings. The zero-order valence-corrected chi connectivity index (χ0v) is 9.07. The van der Waals surface area contributed by atoms with Crippen molar-refractivity contribution in [3.8, 4) is 0 Å². The van der Waals surface area contributed by atoms with E-state index in [2.05, 4.69) is 15.3 Å². The van der Waals surface area contributed by atoms with Gasteiger partial charge in [0, 0.05) is 12.1 Å². The van der Waals surface area contributed by atoms with Gasteiger partial charge in [-0.05, 0) is 12.8 Å². The summed E-state index contributed by atoms with van der Waals surface area (Å²) in [5, 5.41) is 3.16. The fraction of sp³-hybridized carbons (Fsp3) is 0.600. The first kappa shape index (κ1) is 10.9. The van der Waals surface area contributed by atoms with Gasteiger partial charge in [-0.2, -0.15) is 0 Å². The summed E-state index contributed by atoms with van der Waals surface area (Å²) in [6.45, 7) is 0. The number of rotatable bonds is 2. The smallest absolute Gasteiger partial charge is 0.276 e. The Kier molecular flexibility index (Phi) is 3.09. The van der Waals surface area contributed by atoms with Gasteiger partial charge in [-0.1, -0.05) is 12.8 Å². The maximum atomic E-state index is 11.3. The summed E-state index contributed by atoms with van der Waals surface area (Å²) in [6.07, 6.45) is 5.65. The molecule has 1 aliphatic rings. The summed E-state index contributed by atoms with van der Waals surface area (Å²) in [7, 11) is 0. The predicted molar refractivity (Wildman–Crippen MR) is 63.1 cm³/mol. The number of hydrogen-bond acceptors (Lipinski definition) is 5. The number of nitrogens with two attached hydrogens (primary N) is 2. The van der Waals surface area contributed by atoms with Gasteiger partial charge in [0.05, 0.1) is 6.33 Å². The van der Waals surface area contributed by atoms with Crippen molar-refractivity contribution >= 4 is 11.5 Å². The molecule has 0 unspecified atom stereocenters. The lowest BCUT2D eigenvalue weighted by molar-refractivity contribution is 0.403. The van der Waals surface area contributed by atoms with E-state index in [1.54, 1.807) is 0 Å². The Balaban J connectivity index is 2.14. The van der Waals surface area contributed by atoms with E-state index in [0.717, 1.165) is 25.7 Å². The molecule has 1 aliphatic carbocycles. The second kappa shape index (κ2) is 4.52. The van der Waals surface area contributed by atoms with Crippen molar-refractivity contribution in [3.63, 3.8) is 0 Å². The molecule has 1 aromatic heterocycles. The molecule has 0 aromatic carbocycles. The molecule has 6 heteroatoms. The molecular weight excluding hydrogens is 206 g/mol. The third-order valence-electron chi connectivity index (χ3n) is 3.03. The number of nitrogens with one attached hydrogen (secondary N) is 2. The Morgan fingerprint density at radius 1 is 1.44 bits per heavy atom. The molecule has 0 bridgehead atoms. The molecule has 0 saturated heterocycles. The van der Waals surface area contributed by atoms with Gasteiger partial charge in [0.15, 0.2) is 5.82 Å². The average molecular weight is 223 g/mol. The van der Waals surface area contributed by atoms with Crippen molar-refractivity contribution in [1.29, 1.82) is 0 Å². The highest BCUT2D eigenvalue weighted by molar-refractivity contribution is 5.59. The summed E-state index contributed by atoms with van der Waals surface area (Å²) in [5.74, 6) is 0.436. The van der Waals surface area contributed by atoms with Crippen LogP contribution in [0.3, 0.4) is 0 Å². The SMILES string of the molecule is Nc1c(N[C@@H]2CCCC[C@H]2N)nc[nH]c1=O. The Bertz CT molecular complexity index is 416. The number of anilines is 2. The number of H-pyrrole nitrogens is 1. The average Bonchev–Trinajstić information content (AvgIpc) is 2.28. The minimum Gasteiger partial charge on any atom is -0.391 e. The molecule has 88 valence electrons. The van der Waals surface area contributed by atoms with Gasteiger partial charge in [-0.25, -0.2) is 4.98 Å². The second-order valence-electron chi connectivity index (χ2n) is 4.19. The lowest BCUT2D eigenvalue weighted by atomic mass is 9.91. The second-order valence-corrected chi connectivity index (χ2v) is 4.19. The highest BCUT2D eigenvalue weighted by Crippen LogP contribution is 2.21. The summed E-state index contributed by atoms with van der Waals surface area (Å²) in [4.78, 5) is 17.7. The van der Waals surface area contributed by atoms with Crippen LogP contribution in [0.1, 0.15) is 25.7 Å². The Hall–Kier alpha value is -1.56. The van der Waals surface area contributed by atoms with Crippen molar-refractivity contribution < 1.29 is 0 Å². The molecule has 0 amide bonds. The Morgan fingerprint density at radius 3 is 2.94 bits per heavy atom. The molecule has 1 fully saturated rings. The van der Waals surface area contributed by atoms with Gasteiger partial charge in [0.2, 0.25) is 0 Å². The highest BCUT2D eigenvalue weighted by Gasteiger charge is 2.22. The molecule has 1 saturated carbocycles. The predicted octanol–water partition coefficient (Wildman–Crippen LogP) is 0.0339. The van der Waals surface area contributed by atoms with Crippen molar-refractivity contribution in [2.45, 2.75) is 37.8 Å². The first-order valence-electron chi connectivity index (χ1n) is 5.54. The molecule has 0 spiro atoms. The number of nitrogens with zero attached hydrogens (tertiary/aromatic N) is 1. The maximum absolute atomic E-state index is 11.3. The van der Waals surface area contributed by atoms with Crippen molar-refractivity contribution in [2.24, 2.45) is 5.73 Å². The first-order chi connectivity index (χ1) is 7.68. The molecular formula is C10H17N5O. The van der Waals surface area contributed by atoms with E-state index >= 15 is 0 Å². The molecule has 16 heavy (non-hydrogen) atoms. The Labute approximate surface area is 93.4 Å². The normalized spacial score (nSPS) is 25.3. The molecule has 2 rings (SSSR count). The van der Waals surface area contributed by atoms with E-state index in [1.807, 2.05) is 0 Å². The lowest BCUT2D eigenvalue weighted by Gasteiger charge is -2.29. The van der Waals surface area contributed by atoms with E-state index in [4.69, 9.17) is 11.5 Å². The minimum atomic E-state index is -0.318. The molecule has 6 N–H and O–H groups in total. The topological polar surface area (TPSA) is 110 Å². The maximum Gasteiger partial charge on any atom is 0.276 e. The van der Waals surface area contributed by atoms with Gasteiger partial charge in [0.1, 0.15) is 5.69 Å². The van der Waals surface area contributed by atoms with Crippen LogP contribution in [0.2, 0.25) is 0 Å². The van der Waals surface area contributed by atoms with Crippen LogP contribution in [-0.2, 0) is 0 Å². The van der Waals surface area contributed by atoms with E-state index < -0.39 is 0 Å². The molecule has 0 aliphatic heterocycles. The highest BCUT2D eigenvalue weighted by atomic mass is 16.1. The molecule has 2 atom stereocenters. The van der Waals surface area contributed by atoms with Crippen LogP contribution in [0.4, 0.5) is 11.5 Å². The van der Waals surface area contributed by atoms with Crippen LogP contribution in [0.5, 0.6) is 0 Å². The van der Waals surface area contributed by atoms with Crippen molar-refractivity contribution in [1.82, 2.24) is 9.97 Å². The monoisotopic (exact) mass is 223 g/mol. The lowest BCUT2D eigenvalue weighted by Crippen LogP contribution is -2.43. The van der Waals surface area contributed by atoms with E-state index in [9.17, 15) is 4.79 Å². The van der Waals surface area contributed by atoms with Crippen LogP contribution in [0, 0.1) is 0 Å². The van der Waals surface area contributed by atoms with Gasteiger partial charge < -0.3 is 21.8 Å². The van der Waals surface area contributed by atoms with Crippen molar-refractivity contribution in [2.75, 3.05) is 11.1 Å². The first-order valence-corrected chi connectivity index (χ1v) is 5.54. The summed E-state index contributed by atoms with van der Waals surface area (Å²) in [5.41, 5.74) is 11.4. The fourth-order valence-electron chi connectivity index (χ4n) is 2.04. The third kappa shape index (κ3) is 2.16. The van der Waals surface area contributed by atoms with Gasteiger partial charge in [-0.15, -0.1) is 0 Å². The molecule has 0 radical (unpaired) electrons. The zero-order valence-electron chi connectivity index (χ0n) is 9.07. The number of hydrogen-bond donors (Lipinski definition) is 4. The van der Waals surface area contributed by atoms with Crippen LogP contribution in [0.25, 0.3) is 0 Å². The van der Waals surface area contributed by atoms with Crippen LogP contribution >= 0.6 is 0 Å². The van der Waals surface area contributed by atoms with Gasteiger partial charge in [-0.3, -0.25) is 4.79 Å². The van der Waals surface area contributed by atoms with E-state index in [1.165, 1.54) is 6.33 Å². The largest absolute Gasteiger partial charge is 0.391 e. The standard InChI is InChI=1S/C10H17N5O/c11-6-3-1-2-4-7(6)15-9-8(12)10(16)14-5-13-9/h5-7H,1-4,11-12H2,(H2,13,14,15,16)/t6-,7-/m1/s1. The summed E-state index contributed by atoms with van der Waals surface area (Å²) >= 11 is 0. The van der Waals surface area contributed by atoms with Crippen LogP contribution in [0.15, 0.2) is 11.1 Å². The van der Waals surface area contributed by atoms with Crippen LogP contribution < -0.4 is 22.3 Å². The number of nitrogen functional groups attached to an aromatic ring is 1. The molecule has 1 heterocycles. The number of aromatic nitrogens is 2. The minimum absolute atomic E-state index is 0.106.